The van der Waals surface area contributed by atoms with E-state index in [9.17, 15) is 9.59 Å². The molecule has 0 bridgehead atoms. The number of rotatable bonds is 2. The molecule has 2 aliphatic heterocycles. The fraction of sp³-hybridized carbons (Fsp3) is 0.846. The Labute approximate surface area is 113 Å². The minimum absolute atomic E-state index is 0.0444. The lowest BCUT2D eigenvalue weighted by molar-refractivity contribution is -0.139. The quantitative estimate of drug-likeness (QED) is 0.817. The van der Waals surface area contributed by atoms with E-state index in [1.165, 1.54) is 0 Å². The van der Waals surface area contributed by atoms with E-state index < -0.39 is 5.97 Å². The number of likely N-dealkylation sites (tertiary alicyclic amines) is 1. The van der Waals surface area contributed by atoms with Gasteiger partial charge in [0.25, 0.3) is 0 Å². The number of urea groups is 1. The first-order valence-electron chi connectivity index (χ1n) is 6.79. The maximum atomic E-state index is 12.6. The third-order valence-corrected chi connectivity index (χ3v) is 4.02. The molecule has 0 saturated carbocycles. The number of carboxylic acid groups (broad SMARTS) is 1. The summed E-state index contributed by atoms with van der Waals surface area (Å²) in [7, 11) is 0. The lowest BCUT2D eigenvalue weighted by Gasteiger charge is -2.41. The highest BCUT2D eigenvalue weighted by Gasteiger charge is 2.40. The summed E-state index contributed by atoms with van der Waals surface area (Å²) in [6.45, 7) is 6.14. The molecule has 6 heteroatoms. The summed E-state index contributed by atoms with van der Waals surface area (Å²) in [5.41, 5.74) is -0.136. The predicted octanol–water partition coefficient (Wildman–Crippen LogP) is 1.16. The molecule has 0 aromatic carbocycles. The standard InChI is InChI=1S/C13H22N2O4/c1-13(2)4-3-5-15(13)12(18)14-6-7-19-9-10(14)8-11(16)17/h10H,3-9H2,1-2H3,(H,16,17). The molecular weight excluding hydrogens is 248 g/mol. The number of morpholine rings is 1. The zero-order chi connectivity index (χ0) is 14.0. The van der Waals surface area contributed by atoms with Crippen LogP contribution in [0.15, 0.2) is 0 Å². The normalized spacial score (nSPS) is 26.5. The van der Waals surface area contributed by atoms with Crippen molar-refractivity contribution in [2.75, 3.05) is 26.3 Å². The summed E-state index contributed by atoms with van der Waals surface area (Å²) in [6.07, 6.45) is 1.94. The summed E-state index contributed by atoms with van der Waals surface area (Å²) in [5.74, 6) is -0.894. The van der Waals surface area contributed by atoms with Crippen LogP contribution in [0.4, 0.5) is 4.79 Å². The highest BCUT2D eigenvalue weighted by Crippen LogP contribution is 2.30. The van der Waals surface area contributed by atoms with Crippen molar-refractivity contribution in [3.8, 4) is 0 Å². The minimum Gasteiger partial charge on any atom is -0.481 e. The first-order chi connectivity index (χ1) is 8.92. The highest BCUT2D eigenvalue weighted by molar-refractivity contribution is 5.77. The van der Waals surface area contributed by atoms with E-state index in [4.69, 9.17) is 9.84 Å². The summed E-state index contributed by atoms with van der Waals surface area (Å²) in [6, 6.07) is -0.396. The maximum Gasteiger partial charge on any atom is 0.320 e. The zero-order valence-electron chi connectivity index (χ0n) is 11.6. The second kappa shape index (κ2) is 5.36. The number of carboxylic acids is 1. The van der Waals surface area contributed by atoms with Gasteiger partial charge in [0.2, 0.25) is 0 Å². The second-order valence-corrected chi connectivity index (χ2v) is 5.87. The van der Waals surface area contributed by atoms with Crippen molar-refractivity contribution in [3.05, 3.63) is 0 Å². The number of carbonyl (C=O) groups is 2. The van der Waals surface area contributed by atoms with Crippen LogP contribution in [0.3, 0.4) is 0 Å². The van der Waals surface area contributed by atoms with Gasteiger partial charge in [-0.1, -0.05) is 0 Å². The summed E-state index contributed by atoms with van der Waals surface area (Å²) in [5, 5.41) is 8.93. The van der Waals surface area contributed by atoms with Crippen molar-refractivity contribution in [3.63, 3.8) is 0 Å². The van der Waals surface area contributed by atoms with E-state index in [2.05, 4.69) is 13.8 Å². The van der Waals surface area contributed by atoms with Gasteiger partial charge in [-0.15, -0.1) is 0 Å². The number of aliphatic carboxylic acids is 1. The zero-order valence-corrected chi connectivity index (χ0v) is 11.6. The highest BCUT2D eigenvalue weighted by atomic mass is 16.5. The van der Waals surface area contributed by atoms with Gasteiger partial charge in [-0.3, -0.25) is 4.79 Å². The molecule has 2 fully saturated rings. The van der Waals surface area contributed by atoms with Gasteiger partial charge in [0.1, 0.15) is 0 Å². The molecule has 2 heterocycles. The van der Waals surface area contributed by atoms with E-state index in [1.807, 2.05) is 4.90 Å². The van der Waals surface area contributed by atoms with Crippen LogP contribution in [0.1, 0.15) is 33.1 Å². The number of hydrogen-bond donors (Lipinski definition) is 1. The Kier molecular flexibility index (Phi) is 3.99. The number of nitrogens with zero attached hydrogens (tertiary/aromatic N) is 2. The van der Waals surface area contributed by atoms with Gasteiger partial charge in [0, 0.05) is 18.6 Å². The average molecular weight is 270 g/mol. The van der Waals surface area contributed by atoms with Crippen LogP contribution in [-0.4, -0.2) is 64.8 Å². The molecule has 1 unspecified atom stereocenters. The number of ether oxygens (including phenoxy) is 1. The maximum absolute atomic E-state index is 12.6. The fourth-order valence-electron chi connectivity index (χ4n) is 2.89. The predicted molar refractivity (Wildman–Crippen MR) is 69.0 cm³/mol. The van der Waals surface area contributed by atoms with Crippen molar-refractivity contribution in [2.24, 2.45) is 0 Å². The van der Waals surface area contributed by atoms with Crippen LogP contribution >= 0.6 is 0 Å². The molecule has 1 N–H and O–H groups in total. The molecule has 0 radical (unpaired) electrons. The Morgan fingerprint density at radius 1 is 1.37 bits per heavy atom. The molecule has 2 rings (SSSR count). The van der Waals surface area contributed by atoms with Gasteiger partial charge in [0.15, 0.2) is 0 Å². The van der Waals surface area contributed by atoms with Gasteiger partial charge in [-0.25, -0.2) is 4.79 Å². The Balaban J connectivity index is 2.09. The molecule has 2 aliphatic rings. The Hall–Kier alpha value is -1.30. The molecule has 2 amide bonds. The lowest BCUT2D eigenvalue weighted by Crippen LogP contribution is -2.57. The molecule has 0 aromatic heterocycles. The number of hydrogen-bond acceptors (Lipinski definition) is 3. The van der Waals surface area contributed by atoms with E-state index in [-0.39, 0.29) is 24.0 Å². The number of carbonyl (C=O) groups excluding carboxylic acids is 1. The monoisotopic (exact) mass is 270 g/mol. The summed E-state index contributed by atoms with van der Waals surface area (Å²) in [4.78, 5) is 27.0. The van der Waals surface area contributed by atoms with Crippen molar-refractivity contribution in [1.82, 2.24) is 9.80 Å². The second-order valence-electron chi connectivity index (χ2n) is 5.87. The minimum atomic E-state index is -0.894. The first kappa shape index (κ1) is 14.1. The molecule has 2 saturated heterocycles. The number of amides is 2. The molecule has 108 valence electrons. The molecule has 6 nitrogen and oxygen atoms in total. The SMILES string of the molecule is CC1(C)CCCN1C(=O)N1CCOCC1CC(=O)O. The van der Waals surface area contributed by atoms with E-state index in [0.29, 0.717) is 19.8 Å². The summed E-state index contributed by atoms with van der Waals surface area (Å²) >= 11 is 0. The fourth-order valence-corrected chi connectivity index (χ4v) is 2.89. The van der Waals surface area contributed by atoms with Crippen LogP contribution in [0.2, 0.25) is 0 Å². The topological polar surface area (TPSA) is 70.1 Å². The van der Waals surface area contributed by atoms with Crippen molar-refractivity contribution < 1.29 is 19.4 Å². The van der Waals surface area contributed by atoms with Gasteiger partial charge in [0.05, 0.1) is 25.7 Å². The van der Waals surface area contributed by atoms with Gasteiger partial charge in [-0.2, -0.15) is 0 Å². The van der Waals surface area contributed by atoms with Crippen LogP contribution < -0.4 is 0 Å². The molecule has 0 aliphatic carbocycles. The molecule has 19 heavy (non-hydrogen) atoms. The van der Waals surface area contributed by atoms with Crippen molar-refractivity contribution in [1.29, 1.82) is 0 Å². The Morgan fingerprint density at radius 2 is 2.11 bits per heavy atom. The first-order valence-corrected chi connectivity index (χ1v) is 6.79. The van der Waals surface area contributed by atoms with E-state index in [1.54, 1.807) is 4.90 Å². The molecule has 1 atom stereocenters. The van der Waals surface area contributed by atoms with Gasteiger partial charge < -0.3 is 19.6 Å². The smallest absolute Gasteiger partial charge is 0.320 e. The van der Waals surface area contributed by atoms with Crippen molar-refractivity contribution >= 4 is 12.0 Å². The third kappa shape index (κ3) is 3.00. The average Bonchev–Trinajstić information content (AvgIpc) is 2.68. The van der Waals surface area contributed by atoms with Crippen LogP contribution in [-0.2, 0) is 9.53 Å². The molecule has 0 spiro atoms. The third-order valence-electron chi connectivity index (χ3n) is 4.02. The van der Waals surface area contributed by atoms with Gasteiger partial charge >= 0.3 is 12.0 Å². The summed E-state index contributed by atoms with van der Waals surface area (Å²) < 4.78 is 5.30. The molecular formula is C13H22N2O4. The Bertz CT molecular complexity index is 370. The lowest BCUT2D eigenvalue weighted by atomic mass is 10.0. The van der Waals surface area contributed by atoms with E-state index >= 15 is 0 Å². The van der Waals surface area contributed by atoms with Crippen molar-refractivity contribution in [2.45, 2.75) is 44.7 Å². The Morgan fingerprint density at radius 3 is 2.68 bits per heavy atom. The molecule has 0 aromatic rings. The van der Waals surface area contributed by atoms with Gasteiger partial charge in [-0.05, 0) is 26.7 Å². The van der Waals surface area contributed by atoms with Crippen LogP contribution in [0.5, 0.6) is 0 Å². The van der Waals surface area contributed by atoms with Crippen LogP contribution in [0, 0.1) is 0 Å². The van der Waals surface area contributed by atoms with Crippen LogP contribution in [0.25, 0.3) is 0 Å². The largest absolute Gasteiger partial charge is 0.481 e. The van der Waals surface area contributed by atoms with E-state index in [0.717, 1.165) is 19.4 Å².